The van der Waals surface area contributed by atoms with Gasteiger partial charge < -0.3 is 4.74 Å². The number of rotatable bonds is 5. The van der Waals surface area contributed by atoms with Crippen molar-refractivity contribution in [3.8, 4) is 5.75 Å². The molecule has 162 valence electrons. The minimum Gasteiger partial charge on any atom is -0.487 e. The average Bonchev–Trinajstić information content (AvgIpc) is 3.57. The van der Waals surface area contributed by atoms with Gasteiger partial charge in [-0.25, -0.2) is 0 Å². The number of hydrogen-bond acceptors (Lipinski definition) is 4. The first-order valence-corrected chi connectivity index (χ1v) is 12.4. The van der Waals surface area contributed by atoms with Crippen LogP contribution in [0.4, 0.5) is 0 Å². The van der Waals surface area contributed by atoms with E-state index in [1.807, 2.05) is 42.5 Å². The van der Waals surface area contributed by atoms with Gasteiger partial charge in [-0.1, -0.05) is 42.5 Å². The normalized spacial score (nSPS) is 31.9. The number of carbonyl (C=O) groups is 2. The van der Waals surface area contributed by atoms with Crippen molar-refractivity contribution in [2.75, 3.05) is 0 Å². The smallest absolute Gasteiger partial charge is 0.254 e. The molecule has 2 aromatic rings. The van der Waals surface area contributed by atoms with E-state index in [2.05, 4.69) is 49.1 Å². The van der Waals surface area contributed by atoms with E-state index in [1.54, 1.807) is 6.21 Å². The molecule has 2 saturated carbocycles. The maximum Gasteiger partial charge on any atom is 0.254 e. The summed E-state index contributed by atoms with van der Waals surface area (Å²) < 4.78 is 7.49. The Balaban J connectivity index is 1.19. The highest BCUT2D eigenvalue weighted by molar-refractivity contribution is 9.11. The number of hydrogen-bond donors (Lipinski definition) is 0. The number of amides is 2. The third-order valence-corrected chi connectivity index (χ3v) is 8.39. The lowest BCUT2D eigenvalue weighted by Gasteiger charge is -2.37. The van der Waals surface area contributed by atoms with E-state index in [9.17, 15) is 9.59 Å². The summed E-state index contributed by atoms with van der Waals surface area (Å²) in [4.78, 5) is 26.1. The van der Waals surface area contributed by atoms with Gasteiger partial charge in [0.2, 0.25) is 0 Å². The van der Waals surface area contributed by atoms with Crippen LogP contribution < -0.4 is 4.74 Å². The second-order valence-electron chi connectivity index (χ2n) is 8.98. The van der Waals surface area contributed by atoms with E-state index in [0.29, 0.717) is 24.2 Å². The van der Waals surface area contributed by atoms with Gasteiger partial charge >= 0.3 is 0 Å². The largest absolute Gasteiger partial charge is 0.487 e. The number of benzene rings is 2. The zero-order valence-electron chi connectivity index (χ0n) is 17.0. The van der Waals surface area contributed by atoms with Crippen molar-refractivity contribution >= 4 is 49.9 Å². The Hall–Kier alpha value is -2.25. The van der Waals surface area contributed by atoms with Crippen LogP contribution in [0.2, 0.25) is 0 Å². The summed E-state index contributed by atoms with van der Waals surface area (Å²) in [6, 6.07) is 13.7. The summed E-state index contributed by atoms with van der Waals surface area (Å²) in [5.74, 6) is 1.50. The van der Waals surface area contributed by atoms with Gasteiger partial charge in [-0.05, 0) is 85.2 Å². The zero-order chi connectivity index (χ0) is 22.0. The number of allylic oxidation sites excluding steroid dienone is 2. The van der Waals surface area contributed by atoms with Crippen LogP contribution in [-0.4, -0.2) is 23.0 Å². The molecule has 0 unspecified atom stereocenters. The molecule has 32 heavy (non-hydrogen) atoms. The molecule has 0 aromatic heterocycles. The molecule has 0 spiro atoms. The Bertz CT molecular complexity index is 1120. The Labute approximate surface area is 202 Å². The molecular formula is C25H20Br2N2O3. The minimum atomic E-state index is -0.231. The Morgan fingerprint density at radius 2 is 1.56 bits per heavy atom. The van der Waals surface area contributed by atoms with E-state index in [4.69, 9.17) is 4.74 Å². The maximum atomic E-state index is 13.1. The van der Waals surface area contributed by atoms with Gasteiger partial charge in [0, 0.05) is 0 Å². The first-order chi connectivity index (χ1) is 15.5. The van der Waals surface area contributed by atoms with Gasteiger partial charge in [0.05, 0.1) is 27.0 Å². The highest BCUT2D eigenvalue weighted by atomic mass is 79.9. The van der Waals surface area contributed by atoms with Crippen molar-refractivity contribution in [3.63, 3.8) is 0 Å². The standard InChI is InChI=1S/C25H20Br2N2O3/c26-19-8-14(9-20(27)23(19)32-12-13-4-2-1-3-5-13)11-28-29-24(30)21-15-6-7-16(18-10-17(15)18)22(21)25(29)31/h1-9,11,15-18,21-22H,10,12H2/b28-11-/t15-,16-,17-,18+,21+,22+/m0/s1. The van der Waals surface area contributed by atoms with E-state index < -0.39 is 0 Å². The monoisotopic (exact) mass is 554 g/mol. The number of ether oxygens (including phenoxy) is 1. The summed E-state index contributed by atoms with van der Waals surface area (Å²) in [5.41, 5.74) is 1.83. The number of carbonyl (C=O) groups excluding carboxylic acids is 2. The molecule has 1 saturated heterocycles. The van der Waals surface area contributed by atoms with Gasteiger partial charge in [0.15, 0.2) is 0 Å². The van der Waals surface area contributed by atoms with E-state index in [0.717, 1.165) is 31.5 Å². The molecule has 5 aliphatic rings. The molecular weight excluding hydrogens is 536 g/mol. The molecule has 7 heteroatoms. The van der Waals surface area contributed by atoms with E-state index >= 15 is 0 Å². The second kappa shape index (κ2) is 7.66. The van der Waals surface area contributed by atoms with Crippen LogP contribution in [0.5, 0.6) is 5.75 Å². The first kappa shape index (κ1) is 20.4. The highest BCUT2D eigenvalue weighted by Gasteiger charge is 2.67. The number of nitrogens with zero attached hydrogens (tertiary/aromatic N) is 2. The van der Waals surface area contributed by atoms with E-state index in [1.165, 1.54) is 0 Å². The number of imide groups is 1. The summed E-state index contributed by atoms with van der Waals surface area (Å²) in [7, 11) is 0. The molecule has 3 fully saturated rings. The van der Waals surface area contributed by atoms with Gasteiger partial charge in [0.25, 0.3) is 11.8 Å². The van der Waals surface area contributed by atoms with Gasteiger partial charge in [-0.3, -0.25) is 9.59 Å². The van der Waals surface area contributed by atoms with Crippen LogP contribution in [0.15, 0.2) is 68.7 Å². The molecule has 2 aromatic carbocycles. The van der Waals surface area contributed by atoms with Crippen molar-refractivity contribution in [2.24, 2.45) is 40.6 Å². The van der Waals surface area contributed by atoms with Crippen molar-refractivity contribution in [1.29, 1.82) is 0 Å². The fourth-order valence-corrected chi connectivity index (χ4v) is 7.15. The molecule has 5 nitrogen and oxygen atoms in total. The number of hydrazone groups is 1. The van der Waals surface area contributed by atoms with Crippen molar-refractivity contribution in [1.82, 2.24) is 5.01 Å². The highest BCUT2D eigenvalue weighted by Crippen LogP contribution is 2.65. The third-order valence-electron chi connectivity index (χ3n) is 7.21. The fraction of sp³-hybridized carbons (Fsp3) is 0.320. The van der Waals surface area contributed by atoms with Crippen LogP contribution in [0, 0.1) is 35.5 Å². The van der Waals surface area contributed by atoms with E-state index in [-0.39, 0.29) is 35.5 Å². The average molecular weight is 556 g/mol. The summed E-state index contributed by atoms with van der Waals surface area (Å²) in [6.07, 6.45) is 7.06. The zero-order valence-corrected chi connectivity index (χ0v) is 20.2. The quantitative estimate of drug-likeness (QED) is 0.290. The van der Waals surface area contributed by atoms with Crippen LogP contribution in [0.25, 0.3) is 0 Å². The molecule has 1 heterocycles. The lowest BCUT2D eigenvalue weighted by molar-refractivity contribution is -0.140. The fourth-order valence-electron chi connectivity index (χ4n) is 5.70. The molecule has 4 aliphatic carbocycles. The molecule has 2 bridgehead atoms. The SMILES string of the molecule is O=C1[C@@H]2[C@H]3C=C[C@@H]([C@@H]4C[C@H]34)[C@H]2C(=O)N1/N=C\c1cc(Br)c(OCc2ccccc2)c(Br)c1. The van der Waals surface area contributed by atoms with Gasteiger partial charge in [0.1, 0.15) is 12.4 Å². The third kappa shape index (κ3) is 3.20. The molecule has 1 aliphatic heterocycles. The lowest BCUT2D eigenvalue weighted by atomic mass is 9.63. The summed E-state index contributed by atoms with van der Waals surface area (Å²) in [5, 5.41) is 5.43. The molecule has 0 radical (unpaired) electrons. The first-order valence-electron chi connectivity index (χ1n) is 10.8. The lowest BCUT2D eigenvalue weighted by Crippen LogP contribution is -2.40. The summed E-state index contributed by atoms with van der Waals surface area (Å²) in [6.45, 7) is 0.448. The number of halogens is 2. The van der Waals surface area contributed by atoms with Crippen LogP contribution in [-0.2, 0) is 16.2 Å². The molecule has 7 rings (SSSR count). The van der Waals surface area contributed by atoms with Gasteiger partial charge in [-0.2, -0.15) is 10.1 Å². The van der Waals surface area contributed by atoms with Crippen molar-refractivity contribution < 1.29 is 14.3 Å². The van der Waals surface area contributed by atoms with Gasteiger partial charge in [-0.15, -0.1) is 0 Å². The second-order valence-corrected chi connectivity index (χ2v) is 10.7. The topological polar surface area (TPSA) is 59.0 Å². The molecule has 6 atom stereocenters. The Kier molecular flexibility index (Phi) is 4.88. The van der Waals surface area contributed by atoms with Crippen LogP contribution in [0.1, 0.15) is 17.5 Å². The Morgan fingerprint density at radius 1 is 0.969 bits per heavy atom. The maximum absolute atomic E-state index is 13.1. The van der Waals surface area contributed by atoms with Crippen molar-refractivity contribution in [2.45, 2.75) is 13.0 Å². The van der Waals surface area contributed by atoms with Crippen molar-refractivity contribution in [3.05, 3.63) is 74.7 Å². The molecule has 2 amide bonds. The van der Waals surface area contributed by atoms with Crippen LogP contribution >= 0.6 is 31.9 Å². The Morgan fingerprint density at radius 3 is 2.16 bits per heavy atom. The predicted octanol–water partition coefficient (Wildman–Crippen LogP) is 5.18. The molecule has 0 N–H and O–H groups in total. The van der Waals surface area contributed by atoms with Crippen LogP contribution in [0.3, 0.4) is 0 Å². The minimum absolute atomic E-state index is 0.151. The predicted molar refractivity (Wildman–Crippen MR) is 127 cm³/mol. The summed E-state index contributed by atoms with van der Waals surface area (Å²) >= 11 is 7.12.